The van der Waals surface area contributed by atoms with E-state index in [0.717, 1.165) is 22.2 Å². The predicted octanol–water partition coefficient (Wildman–Crippen LogP) is 2.92. The van der Waals surface area contributed by atoms with Crippen LogP contribution in [0, 0.1) is 5.92 Å². The summed E-state index contributed by atoms with van der Waals surface area (Å²) in [6.45, 7) is 3.75. The maximum Gasteiger partial charge on any atom is 0.240 e. The molecule has 1 unspecified atom stereocenters. The van der Waals surface area contributed by atoms with Crippen molar-refractivity contribution in [2.75, 3.05) is 6.61 Å². The molecule has 26 heavy (non-hydrogen) atoms. The highest BCUT2D eigenvalue weighted by Crippen LogP contribution is 2.27. The first-order chi connectivity index (χ1) is 12.4. The molecule has 7 heteroatoms. The van der Waals surface area contributed by atoms with Crippen LogP contribution in [-0.2, 0) is 10.0 Å². The van der Waals surface area contributed by atoms with E-state index in [1.165, 1.54) is 0 Å². The Morgan fingerprint density at radius 1 is 1.15 bits per heavy atom. The van der Waals surface area contributed by atoms with E-state index in [1.807, 2.05) is 32.2 Å². The highest BCUT2D eigenvalue weighted by molar-refractivity contribution is 7.89. The average Bonchev–Trinajstić information content (AvgIpc) is 3.09. The number of hydrogen-bond acceptors (Lipinski definition) is 4. The zero-order valence-electron chi connectivity index (χ0n) is 14.8. The molecule has 0 saturated heterocycles. The van der Waals surface area contributed by atoms with Crippen LogP contribution in [0.15, 0.2) is 53.7 Å². The predicted molar refractivity (Wildman–Crippen MR) is 102 cm³/mol. The van der Waals surface area contributed by atoms with Crippen LogP contribution in [0.3, 0.4) is 0 Å². The molecule has 2 heterocycles. The zero-order chi connectivity index (χ0) is 18.7. The number of fused-ring (bicyclic) bond motifs is 1. The van der Waals surface area contributed by atoms with Crippen LogP contribution in [-0.4, -0.2) is 36.1 Å². The Balaban J connectivity index is 1.86. The molecule has 0 aliphatic heterocycles. The second kappa shape index (κ2) is 7.57. The lowest BCUT2D eigenvalue weighted by Crippen LogP contribution is -2.38. The highest BCUT2D eigenvalue weighted by Gasteiger charge is 2.20. The Kier molecular flexibility index (Phi) is 5.41. The van der Waals surface area contributed by atoms with E-state index in [2.05, 4.69) is 14.7 Å². The lowest BCUT2D eigenvalue weighted by atomic mass is 10.0. The lowest BCUT2D eigenvalue weighted by molar-refractivity contribution is 0.240. The summed E-state index contributed by atoms with van der Waals surface area (Å²) in [5.41, 5.74) is 2.69. The van der Waals surface area contributed by atoms with Crippen LogP contribution in [0.5, 0.6) is 0 Å². The first-order valence-electron chi connectivity index (χ1n) is 8.56. The molecule has 0 amide bonds. The highest BCUT2D eigenvalue weighted by atomic mass is 32.2. The maximum absolute atomic E-state index is 12.6. The van der Waals surface area contributed by atoms with Gasteiger partial charge < -0.3 is 10.1 Å². The largest absolute Gasteiger partial charge is 0.395 e. The molecule has 0 fully saturated rings. The fourth-order valence-electron chi connectivity index (χ4n) is 3.04. The first kappa shape index (κ1) is 18.6. The van der Waals surface area contributed by atoms with Gasteiger partial charge in [0, 0.05) is 23.8 Å². The van der Waals surface area contributed by atoms with Gasteiger partial charge in [0.1, 0.15) is 5.65 Å². The molecule has 1 aromatic carbocycles. The Morgan fingerprint density at radius 3 is 2.54 bits per heavy atom. The van der Waals surface area contributed by atoms with Crippen molar-refractivity contribution >= 4 is 21.1 Å². The molecule has 2 aromatic heterocycles. The van der Waals surface area contributed by atoms with Crippen LogP contribution in [0.2, 0.25) is 0 Å². The number of nitrogens with zero attached hydrogens (tertiary/aromatic N) is 1. The van der Waals surface area contributed by atoms with E-state index in [0.29, 0.717) is 6.42 Å². The zero-order valence-corrected chi connectivity index (χ0v) is 15.6. The van der Waals surface area contributed by atoms with Crippen molar-refractivity contribution in [2.45, 2.75) is 31.2 Å². The molecule has 0 spiro atoms. The normalized spacial score (nSPS) is 13.4. The Bertz CT molecular complexity index is 979. The van der Waals surface area contributed by atoms with Crippen molar-refractivity contribution in [1.29, 1.82) is 0 Å². The summed E-state index contributed by atoms with van der Waals surface area (Å²) < 4.78 is 27.7. The van der Waals surface area contributed by atoms with Gasteiger partial charge >= 0.3 is 0 Å². The molecule has 1 atom stereocenters. The minimum Gasteiger partial charge on any atom is -0.395 e. The maximum atomic E-state index is 12.6. The van der Waals surface area contributed by atoms with Crippen molar-refractivity contribution < 1.29 is 13.5 Å². The molecule has 3 aromatic rings. The number of hydrogen-bond donors (Lipinski definition) is 3. The number of aromatic nitrogens is 2. The van der Waals surface area contributed by atoms with Crippen LogP contribution in [0.1, 0.15) is 20.3 Å². The van der Waals surface area contributed by atoms with Gasteiger partial charge in [-0.05, 0) is 47.7 Å². The third-order valence-corrected chi connectivity index (χ3v) is 5.77. The summed E-state index contributed by atoms with van der Waals surface area (Å²) in [6.07, 6.45) is 4.13. The van der Waals surface area contributed by atoms with E-state index in [4.69, 9.17) is 0 Å². The quantitative estimate of drug-likeness (QED) is 0.593. The van der Waals surface area contributed by atoms with Crippen LogP contribution < -0.4 is 4.72 Å². The minimum atomic E-state index is -3.68. The molecule has 3 rings (SSSR count). The number of H-pyrrole nitrogens is 1. The summed E-state index contributed by atoms with van der Waals surface area (Å²) in [5, 5.41) is 10.4. The van der Waals surface area contributed by atoms with Crippen LogP contribution >= 0.6 is 0 Å². The van der Waals surface area contributed by atoms with Crippen molar-refractivity contribution in [3.05, 3.63) is 48.8 Å². The second-order valence-corrected chi connectivity index (χ2v) is 8.47. The van der Waals surface area contributed by atoms with Gasteiger partial charge in [-0.2, -0.15) is 0 Å². The van der Waals surface area contributed by atoms with Gasteiger partial charge in [0.05, 0.1) is 11.5 Å². The summed E-state index contributed by atoms with van der Waals surface area (Å²) >= 11 is 0. The topological polar surface area (TPSA) is 95.1 Å². The van der Waals surface area contributed by atoms with Gasteiger partial charge in [0.15, 0.2) is 0 Å². The van der Waals surface area contributed by atoms with E-state index in [-0.39, 0.29) is 17.4 Å². The summed E-state index contributed by atoms with van der Waals surface area (Å²) in [4.78, 5) is 7.52. The number of aliphatic hydroxyl groups excluding tert-OH is 1. The molecule has 0 aliphatic carbocycles. The number of benzene rings is 1. The van der Waals surface area contributed by atoms with E-state index < -0.39 is 16.1 Å². The standard InChI is InChI=1S/C19H23N3O3S/c1-13(2)11-15(12-23)22-26(24,25)16-5-3-14(4-6-16)17-7-9-20-19-18(17)8-10-21-19/h3-10,13,15,22-23H,11-12H2,1-2H3,(H,20,21). The molecule has 138 valence electrons. The van der Waals surface area contributed by atoms with Crippen LogP contribution in [0.4, 0.5) is 0 Å². The van der Waals surface area contributed by atoms with E-state index >= 15 is 0 Å². The van der Waals surface area contributed by atoms with E-state index in [1.54, 1.807) is 30.5 Å². The Hall–Kier alpha value is -2.22. The number of aromatic amines is 1. The van der Waals surface area contributed by atoms with Gasteiger partial charge in [0.2, 0.25) is 10.0 Å². The van der Waals surface area contributed by atoms with Crippen molar-refractivity contribution in [3.63, 3.8) is 0 Å². The molecule has 0 aliphatic rings. The fraction of sp³-hybridized carbons (Fsp3) is 0.316. The summed E-state index contributed by atoms with van der Waals surface area (Å²) in [5.74, 6) is 0.285. The first-order valence-corrected chi connectivity index (χ1v) is 10.0. The second-order valence-electron chi connectivity index (χ2n) is 6.75. The third-order valence-electron chi connectivity index (χ3n) is 4.23. The molecule has 0 radical (unpaired) electrons. The van der Waals surface area contributed by atoms with Crippen LogP contribution in [0.25, 0.3) is 22.2 Å². The SMILES string of the molecule is CC(C)CC(CO)NS(=O)(=O)c1ccc(-c2ccnc3[nH]ccc23)cc1. The third kappa shape index (κ3) is 3.95. The lowest BCUT2D eigenvalue weighted by Gasteiger charge is -2.18. The van der Waals surface area contributed by atoms with Gasteiger partial charge in [-0.25, -0.2) is 18.1 Å². The molecular formula is C19H23N3O3S. The molecule has 6 nitrogen and oxygen atoms in total. The van der Waals surface area contributed by atoms with Gasteiger partial charge in [-0.1, -0.05) is 26.0 Å². The summed E-state index contributed by atoms with van der Waals surface area (Å²) in [6, 6.07) is 10.1. The monoisotopic (exact) mass is 373 g/mol. The van der Waals surface area contributed by atoms with Crippen molar-refractivity contribution in [3.8, 4) is 11.1 Å². The van der Waals surface area contributed by atoms with E-state index in [9.17, 15) is 13.5 Å². The van der Waals surface area contributed by atoms with Crippen molar-refractivity contribution in [2.24, 2.45) is 5.92 Å². The van der Waals surface area contributed by atoms with Gasteiger partial charge in [-0.3, -0.25) is 0 Å². The molecule has 0 bridgehead atoms. The van der Waals surface area contributed by atoms with Gasteiger partial charge in [0.25, 0.3) is 0 Å². The smallest absolute Gasteiger partial charge is 0.240 e. The average molecular weight is 373 g/mol. The number of aliphatic hydroxyl groups is 1. The summed E-state index contributed by atoms with van der Waals surface area (Å²) in [7, 11) is -3.68. The Labute approximate surface area is 153 Å². The Morgan fingerprint density at radius 2 is 1.88 bits per heavy atom. The molecule has 0 saturated carbocycles. The number of sulfonamides is 1. The van der Waals surface area contributed by atoms with Crippen molar-refractivity contribution in [1.82, 2.24) is 14.7 Å². The molecule has 3 N–H and O–H groups in total. The number of nitrogens with one attached hydrogen (secondary N) is 2. The minimum absolute atomic E-state index is 0.183. The number of pyridine rings is 1. The van der Waals surface area contributed by atoms with Gasteiger partial charge in [-0.15, -0.1) is 0 Å². The fourth-order valence-corrected chi connectivity index (χ4v) is 4.28. The molecular weight excluding hydrogens is 350 g/mol. The number of rotatable bonds is 7.